The van der Waals surface area contributed by atoms with Crippen LogP contribution >= 0.6 is 11.3 Å². The molecule has 0 aliphatic heterocycles. The molecule has 0 saturated heterocycles. The molecule has 90 valence electrons. The Bertz CT molecular complexity index is 539. The van der Waals surface area contributed by atoms with E-state index in [0.717, 1.165) is 22.3 Å². The van der Waals surface area contributed by atoms with Gasteiger partial charge in [0.05, 0.1) is 10.2 Å². The summed E-state index contributed by atoms with van der Waals surface area (Å²) in [4.78, 5) is 12.0. The molecule has 0 radical (unpaired) electrons. The fourth-order valence-electron chi connectivity index (χ4n) is 1.82. The molecule has 0 aliphatic rings. The molecular weight excluding hydrogens is 232 g/mol. The largest absolute Gasteiger partial charge is 0.351 e. The van der Waals surface area contributed by atoms with E-state index in [1.807, 2.05) is 35.1 Å². The van der Waals surface area contributed by atoms with Gasteiger partial charge in [-0.25, -0.2) is 0 Å². The molecular formula is C13H16N2OS. The van der Waals surface area contributed by atoms with Crippen molar-refractivity contribution >= 4 is 27.5 Å². The molecule has 0 atom stereocenters. The molecule has 17 heavy (non-hydrogen) atoms. The molecule has 0 saturated carbocycles. The zero-order chi connectivity index (χ0) is 12.3. The van der Waals surface area contributed by atoms with E-state index in [2.05, 4.69) is 11.9 Å². The number of amides is 1. The molecule has 0 fully saturated rings. The smallest absolute Gasteiger partial charge is 0.267 e. The molecule has 0 aliphatic carbocycles. The van der Waals surface area contributed by atoms with E-state index in [1.54, 1.807) is 11.3 Å². The van der Waals surface area contributed by atoms with Gasteiger partial charge >= 0.3 is 0 Å². The molecule has 0 aromatic carbocycles. The standard InChI is InChI=1S/C13H16N2OS/c1-3-6-14-13(16)11-9-12-10(5-8-17-12)15(11)7-4-2/h4-5,8-9H,2-3,6-7H2,1H3,(H,14,16). The maximum absolute atomic E-state index is 12.0. The number of aromatic nitrogens is 1. The highest BCUT2D eigenvalue weighted by Gasteiger charge is 2.14. The molecule has 2 heterocycles. The monoisotopic (exact) mass is 248 g/mol. The van der Waals surface area contributed by atoms with Gasteiger partial charge in [0.2, 0.25) is 0 Å². The van der Waals surface area contributed by atoms with Crippen LogP contribution in [-0.2, 0) is 6.54 Å². The Hall–Kier alpha value is -1.55. The number of nitrogens with one attached hydrogen (secondary N) is 1. The van der Waals surface area contributed by atoms with Gasteiger partial charge in [-0.2, -0.15) is 0 Å². The third kappa shape index (κ3) is 2.26. The summed E-state index contributed by atoms with van der Waals surface area (Å²) in [6.07, 6.45) is 2.76. The van der Waals surface area contributed by atoms with Gasteiger partial charge in [-0.15, -0.1) is 17.9 Å². The lowest BCUT2D eigenvalue weighted by atomic mass is 10.3. The minimum absolute atomic E-state index is 0.00269. The maximum Gasteiger partial charge on any atom is 0.267 e. The van der Waals surface area contributed by atoms with Crippen molar-refractivity contribution in [2.24, 2.45) is 0 Å². The van der Waals surface area contributed by atoms with E-state index < -0.39 is 0 Å². The molecule has 0 bridgehead atoms. The highest BCUT2D eigenvalue weighted by Crippen LogP contribution is 2.25. The first kappa shape index (κ1) is 11.9. The molecule has 1 amide bonds. The highest BCUT2D eigenvalue weighted by molar-refractivity contribution is 7.17. The molecule has 3 nitrogen and oxygen atoms in total. The molecule has 2 rings (SSSR count). The first-order valence-corrected chi connectivity index (χ1v) is 6.61. The molecule has 4 heteroatoms. The van der Waals surface area contributed by atoms with Crippen molar-refractivity contribution < 1.29 is 4.79 Å². The van der Waals surface area contributed by atoms with Gasteiger partial charge in [0.25, 0.3) is 5.91 Å². The van der Waals surface area contributed by atoms with Crippen LogP contribution in [0.4, 0.5) is 0 Å². The van der Waals surface area contributed by atoms with Crippen LogP contribution in [0, 0.1) is 0 Å². The molecule has 2 aromatic heterocycles. The Kier molecular flexibility index (Phi) is 3.64. The maximum atomic E-state index is 12.0. The summed E-state index contributed by atoms with van der Waals surface area (Å²) in [5.74, 6) is -0.00269. The average molecular weight is 248 g/mol. The number of carbonyl (C=O) groups is 1. The Morgan fingerprint density at radius 3 is 3.18 bits per heavy atom. The van der Waals surface area contributed by atoms with Crippen molar-refractivity contribution in [2.45, 2.75) is 19.9 Å². The van der Waals surface area contributed by atoms with Crippen LogP contribution in [0.5, 0.6) is 0 Å². The fourth-order valence-corrected chi connectivity index (χ4v) is 2.64. The summed E-state index contributed by atoms with van der Waals surface area (Å²) in [6.45, 7) is 7.16. The summed E-state index contributed by atoms with van der Waals surface area (Å²) in [5, 5.41) is 4.95. The number of carbonyl (C=O) groups excluding carboxylic acids is 1. The van der Waals surface area contributed by atoms with Crippen molar-refractivity contribution in [1.29, 1.82) is 0 Å². The van der Waals surface area contributed by atoms with Crippen molar-refractivity contribution in [1.82, 2.24) is 9.88 Å². The topological polar surface area (TPSA) is 34.0 Å². The van der Waals surface area contributed by atoms with Gasteiger partial charge in [-0.3, -0.25) is 4.79 Å². The second-order valence-corrected chi connectivity index (χ2v) is 4.80. The van der Waals surface area contributed by atoms with Gasteiger partial charge in [0, 0.05) is 13.1 Å². The second kappa shape index (κ2) is 5.19. The van der Waals surface area contributed by atoms with Gasteiger partial charge in [0.1, 0.15) is 5.69 Å². The SMILES string of the molecule is C=CCn1c(C(=O)NCCC)cc2sccc21. The van der Waals surface area contributed by atoms with E-state index in [1.165, 1.54) is 0 Å². The first-order valence-electron chi connectivity index (χ1n) is 5.73. The lowest BCUT2D eigenvalue weighted by molar-refractivity contribution is 0.0945. The van der Waals surface area contributed by atoms with Crippen molar-refractivity contribution in [3.63, 3.8) is 0 Å². The number of fused-ring (bicyclic) bond motifs is 1. The average Bonchev–Trinajstić information content (AvgIpc) is 2.89. The Morgan fingerprint density at radius 2 is 2.47 bits per heavy atom. The number of thiophene rings is 1. The summed E-state index contributed by atoms with van der Waals surface area (Å²) < 4.78 is 3.15. The number of rotatable bonds is 5. The summed E-state index contributed by atoms with van der Waals surface area (Å²) in [6, 6.07) is 3.99. The summed E-state index contributed by atoms with van der Waals surface area (Å²) in [7, 11) is 0. The van der Waals surface area contributed by atoms with Crippen LogP contribution in [0.3, 0.4) is 0 Å². The van der Waals surface area contributed by atoms with Gasteiger partial charge in [-0.05, 0) is 23.9 Å². The van der Waals surface area contributed by atoms with Crippen LogP contribution < -0.4 is 5.32 Å². The van der Waals surface area contributed by atoms with Crippen molar-refractivity contribution in [3.8, 4) is 0 Å². The van der Waals surface area contributed by atoms with E-state index >= 15 is 0 Å². The number of hydrogen-bond acceptors (Lipinski definition) is 2. The van der Waals surface area contributed by atoms with E-state index in [-0.39, 0.29) is 5.91 Å². The quantitative estimate of drug-likeness (QED) is 0.811. The third-order valence-corrected chi connectivity index (χ3v) is 3.46. The van der Waals surface area contributed by atoms with Crippen molar-refractivity contribution in [2.75, 3.05) is 6.54 Å². The minimum atomic E-state index is -0.00269. The zero-order valence-corrected chi connectivity index (χ0v) is 10.7. The zero-order valence-electron chi connectivity index (χ0n) is 9.90. The Morgan fingerprint density at radius 1 is 1.65 bits per heavy atom. The molecule has 1 N–H and O–H groups in total. The second-order valence-electron chi connectivity index (χ2n) is 3.85. The van der Waals surface area contributed by atoms with Crippen LogP contribution in [0.1, 0.15) is 23.8 Å². The lowest BCUT2D eigenvalue weighted by Crippen LogP contribution is -2.26. The highest BCUT2D eigenvalue weighted by atomic mass is 32.1. The van der Waals surface area contributed by atoms with E-state index in [4.69, 9.17) is 0 Å². The third-order valence-electron chi connectivity index (χ3n) is 2.60. The van der Waals surface area contributed by atoms with Crippen LogP contribution in [-0.4, -0.2) is 17.0 Å². The molecule has 2 aromatic rings. The summed E-state index contributed by atoms with van der Waals surface area (Å²) in [5.41, 5.74) is 1.83. The Balaban J connectivity index is 2.37. The normalized spacial score (nSPS) is 10.6. The predicted octanol–water partition coefficient (Wildman–Crippen LogP) is 3.03. The summed E-state index contributed by atoms with van der Waals surface area (Å²) >= 11 is 1.65. The lowest BCUT2D eigenvalue weighted by Gasteiger charge is -2.07. The van der Waals surface area contributed by atoms with E-state index in [9.17, 15) is 4.79 Å². The number of nitrogens with zero attached hydrogens (tertiary/aromatic N) is 1. The van der Waals surface area contributed by atoms with E-state index in [0.29, 0.717) is 13.1 Å². The van der Waals surface area contributed by atoms with Crippen LogP contribution in [0.15, 0.2) is 30.2 Å². The van der Waals surface area contributed by atoms with Crippen molar-refractivity contribution in [3.05, 3.63) is 35.9 Å². The number of allylic oxidation sites excluding steroid dienone is 1. The molecule has 0 spiro atoms. The van der Waals surface area contributed by atoms with Gasteiger partial charge in [0.15, 0.2) is 0 Å². The Labute approximate surface area is 105 Å². The fraction of sp³-hybridized carbons (Fsp3) is 0.308. The molecule has 0 unspecified atom stereocenters. The van der Waals surface area contributed by atoms with Gasteiger partial charge < -0.3 is 9.88 Å². The van der Waals surface area contributed by atoms with Crippen LogP contribution in [0.2, 0.25) is 0 Å². The first-order chi connectivity index (χ1) is 8.27. The van der Waals surface area contributed by atoms with Gasteiger partial charge in [-0.1, -0.05) is 13.0 Å². The predicted molar refractivity (Wildman–Crippen MR) is 72.6 cm³/mol. The number of hydrogen-bond donors (Lipinski definition) is 1. The van der Waals surface area contributed by atoms with Crippen LogP contribution in [0.25, 0.3) is 10.2 Å². The minimum Gasteiger partial charge on any atom is -0.351 e.